The summed E-state index contributed by atoms with van der Waals surface area (Å²) < 4.78 is 5.41. The van der Waals surface area contributed by atoms with E-state index in [1.165, 1.54) is 0 Å². The Bertz CT molecular complexity index is 397. The van der Waals surface area contributed by atoms with Crippen molar-refractivity contribution in [2.24, 2.45) is 5.73 Å². The second-order valence-electron chi connectivity index (χ2n) is 4.38. The summed E-state index contributed by atoms with van der Waals surface area (Å²) >= 11 is 6.31. The highest BCUT2D eigenvalue weighted by atomic mass is 35.5. The summed E-state index contributed by atoms with van der Waals surface area (Å²) in [7, 11) is 1.67. The summed E-state index contributed by atoms with van der Waals surface area (Å²) in [4.78, 5) is 2.36. The van der Waals surface area contributed by atoms with E-state index in [9.17, 15) is 0 Å². The molecule has 2 rings (SSSR count). The predicted molar refractivity (Wildman–Crippen MR) is 70.6 cm³/mol. The fourth-order valence-electron chi connectivity index (χ4n) is 2.62. The molecule has 0 radical (unpaired) electrons. The normalized spacial score (nSPS) is 25.2. The van der Waals surface area contributed by atoms with Gasteiger partial charge >= 0.3 is 0 Å². The number of likely N-dealkylation sites (N-methyl/N-ethyl adjacent to an activating group) is 1. The summed E-state index contributed by atoms with van der Waals surface area (Å²) in [5, 5.41) is 0.741. The van der Waals surface area contributed by atoms with Crippen LogP contribution in [0.25, 0.3) is 0 Å². The molecule has 0 aliphatic carbocycles. The monoisotopic (exact) mass is 254 g/mol. The minimum Gasteiger partial charge on any atom is -0.496 e. The molecule has 0 bridgehead atoms. The van der Waals surface area contributed by atoms with Crippen molar-refractivity contribution < 1.29 is 4.74 Å². The lowest BCUT2D eigenvalue weighted by Gasteiger charge is -2.28. The molecule has 2 atom stereocenters. The third-order valence-electron chi connectivity index (χ3n) is 3.48. The number of halogens is 1. The Labute approximate surface area is 107 Å². The van der Waals surface area contributed by atoms with Crippen LogP contribution in [0.4, 0.5) is 0 Å². The molecule has 4 heteroatoms. The van der Waals surface area contributed by atoms with Gasteiger partial charge in [-0.05, 0) is 25.1 Å². The summed E-state index contributed by atoms with van der Waals surface area (Å²) in [5.74, 6) is 0.832. The molecule has 3 nitrogen and oxygen atoms in total. The molecule has 1 aromatic rings. The van der Waals surface area contributed by atoms with Crippen molar-refractivity contribution in [3.8, 4) is 5.75 Å². The number of likely N-dealkylation sites (tertiary alicyclic amines) is 1. The van der Waals surface area contributed by atoms with Crippen molar-refractivity contribution in [1.82, 2.24) is 4.90 Å². The van der Waals surface area contributed by atoms with Crippen LogP contribution in [0.5, 0.6) is 5.75 Å². The van der Waals surface area contributed by atoms with Crippen molar-refractivity contribution in [2.45, 2.75) is 25.4 Å². The van der Waals surface area contributed by atoms with E-state index in [1.807, 2.05) is 18.2 Å². The van der Waals surface area contributed by atoms with Crippen LogP contribution in [0.15, 0.2) is 18.2 Å². The third kappa shape index (κ3) is 2.28. The highest BCUT2D eigenvalue weighted by Gasteiger charge is 2.35. The Kier molecular flexibility index (Phi) is 3.92. The molecule has 2 unspecified atom stereocenters. The zero-order valence-corrected chi connectivity index (χ0v) is 11.1. The van der Waals surface area contributed by atoms with Gasteiger partial charge in [0.25, 0.3) is 0 Å². The Morgan fingerprint density at radius 3 is 2.94 bits per heavy atom. The second kappa shape index (κ2) is 5.25. The maximum Gasteiger partial charge on any atom is 0.125 e. The fourth-order valence-corrected chi connectivity index (χ4v) is 2.89. The summed E-state index contributed by atoms with van der Waals surface area (Å²) in [6.07, 6.45) is 1.01. The van der Waals surface area contributed by atoms with E-state index >= 15 is 0 Å². The van der Waals surface area contributed by atoms with Gasteiger partial charge in [-0.2, -0.15) is 0 Å². The van der Waals surface area contributed by atoms with Crippen molar-refractivity contribution in [1.29, 1.82) is 0 Å². The minimum atomic E-state index is 0.128. The summed E-state index contributed by atoms with van der Waals surface area (Å²) in [6, 6.07) is 6.05. The number of nitrogens with zero attached hydrogens (tertiary/aromatic N) is 1. The first-order valence-electron chi connectivity index (χ1n) is 6.01. The zero-order chi connectivity index (χ0) is 12.4. The number of hydrogen-bond donors (Lipinski definition) is 1. The van der Waals surface area contributed by atoms with Crippen molar-refractivity contribution in [2.75, 3.05) is 20.2 Å². The maximum atomic E-state index is 6.31. The van der Waals surface area contributed by atoms with E-state index in [4.69, 9.17) is 22.1 Å². The van der Waals surface area contributed by atoms with E-state index in [-0.39, 0.29) is 12.1 Å². The third-order valence-corrected chi connectivity index (χ3v) is 3.81. The number of hydrogen-bond acceptors (Lipinski definition) is 3. The highest BCUT2D eigenvalue weighted by molar-refractivity contribution is 6.31. The molecule has 1 aromatic carbocycles. The lowest BCUT2D eigenvalue weighted by atomic mass is 9.99. The van der Waals surface area contributed by atoms with Gasteiger partial charge in [0.1, 0.15) is 5.75 Å². The van der Waals surface area contributed by atoms with E-state index in [0.29, 0.717) is 0 Å². The van der Waals surface area contributed by atoms with Crippen LogP contribution in [0, 0.1) is 0 Å². The topological polar surface area (TPSA) is 38.5 Å². The number of nitrogens with two attached hydrogens (primary N) is 1. The molecular weight excluding hydrogens is 236 g/mol. The summed E-state index contributed by atoms with van der Waals surface area (Å²) in [6.45, 7) is 4.15. The first-order valence-corrected chi connectivity index (χ1v) is 6.38. The van der Waals surface area contributed by atoms with Crippen molar-refractivity contribution >= 4 is 11.6 Å². The Morgan fingerprint density at radius 2 is 2.29 bits per heavy atom. The maximum absolute atomic E-state index is 6.31. The van der Waals surface area contributed by atoms with Gasteiger partial charge in [-0.1, -0.05) is 24.6 Å². The largest absolute Gasteiger partial charge is 0.496 e. The molecule has 0 aromatic heterocycles. The summed E-state index contributed by atoms with van der Waals surface area (Å²) in [5.41, 5.74) is 7.24. The molecule has 0 amide bonds. The molecule has 1 saturated heterocycles. The van der Waals surface area contributed by atoms with Crippen LogP contribution in [-0.4, -0.2) is 31.1 Å². The molecule has 17 heavy (non-hydrogen) atoms. The number of methoxy groups -OCH3 is 1. The molecule has 94 valence electrons. The van der Waals surface area contributed by atoms with Crippen LogP contribution in [0.3, 0.4) is 0 Å². The smallest absolute Gasteiger partial charge is 0.125 e. The number of benzene rings is 1. The molecule has 2 N–H and O–H groups in total. The van der Waals surface area contributed by atoms with Gasteiger partial charge in [0.15, 0.2) is 0 Å². The van der Waals surface area contributed by atoms with E-state index in [1.54, 1.807) is 7.11 Å². The van der Waals surface area contributed by atoms with Gasteiger partial charge < -0.3 is 10.5 Å². The average Bonchev–Trinajstić information content (AvgIpc) is 2.70. The quantitative estimate of drug-likeness (QED) is 0.901. The van der Waals surface area contributed by atoms with Gasteiger partial charge in [0.2, 0.25) is 0 Å². The van der Waals surface area contributed by atoms with Gasteiger partial charge in [-0.25, -0.2) is 0 Å². The lowest BCUT2D eigenvalue weighted by Crippen LogP contribution is -2.32. The van der Waals surface area contributed by atoms with E-state index in [2.05, 4.69) is 11.8 Å². The van der Waals surface area contributed by atoms with Crippen molar-refractivity contribution in [3.05, 3.63) is 28.8 Å². The van der Waals surface area contributed by atoms with Gasteiger partial charge in [0, 0.05) is 23.2 Å². The highest BCUT2D eigenvalue weighted by Crippen LogP contribution is 2.40. The van der Waals surface area contributed by atoms with Gasteiger partial charge in [0.05, 0.1) is 13.2 Å². The first-order chi connectivity index (χ1) is 8.19. The molecule has 1 heterocycles. The number of ether oxygens (including phenoxy) is 1. The Hall–Kier alpha value is -0.770. The molecule has 1 aliphatic rings. The molecular formula is C13H19ClN2O. The predicted octanol–water partition coefficient (Wildman–Crippen LogP) is 2.44. The zero-order valence-electron chi connectivity index (χ0n) is 10.3. The molecule has 1 fully saturated rings. The molecule has 1 aliphatic heterocycles. The van der Waals surface area contributed by atoms with Crippen molar-refractivity contribution in [3.63, 3.8) is 0 Å². The van der Waals surface area contributed by atoms with Crippen LogP contribution in [-0.2, 0) is 0 Å². The molecule has 0 spiro atoms. The standard InChI is InChI=1S/C13H19ClN2O/c1-3-16-8-7-10(15)13(16)12-9(14)5-4-6-11(12)17-2/h4-6,10,13H,3,7-8,15H2,1-2H3. The Balaban J connectivity index is 2.44. The minimum absolute atomic E-state index is 0.128. The van der Waals surface area contributed by atoms with Crippen LogP contribution in [0.1, 0.15) is 24.9 Å². The first kappa shape index (κ1) is 12.7. The van der Waals surface area contributed by atoms with Gasteiger partial charge in [-0.3, -0.25) is 4.90 Å². The van der Waals surface area contributed by atoms with Gasteiger partial charge in [-0.15, -0.1) is 0 Å². The molecule has 0 saturated carbocycles. The van der Waals surface area contributed by atoms with E-state index < -0.39 is 0 Å². The van der Waals surface area contributed by atoms with Crippen LogP contribution >= 0.6 is 11.6 Å². The second-order valence-corrected chi connectivity index (χ2v) is 4.79. The number of rotatable bonds is 3. The SMILES string of the molecule is CCN1CCC(N)C1c1c(Cl)cccc1OC. The average molecular weight is 255 g/mol. The fraction of sp³-hybridized carbons (Fsp3) is 0.538. The van der Waals surface area contributed by atoms with E-state index in [0.717, 1.165) is 35.8 Å². The Morgan fingerprint density at radius 1 is 1.53 bits per heavy atom. The van der Waals surface area contributed by atoms with Crippen LogP contribution < -0.4 is 10.5 Å². The van der Waals surface area contributed by atoms with Crippen LogP contribution in [0.2, 0.25) is 5.02 Å². The lowest BCUT2D eigenvalue weighted by molar-refractivity contribution is 0.254.